The third kappa shape index (κ3) is 4.45. The van der Waals surface area contributed by atoms with E-state index in [-0.39, 0.29) is 6.54 Å². The van der Waals surface area contributed by atoms with Crippen molar-refractivity contribution in [3.8, 4) is 28.0 Å². The lowest BCUT2D eigenvalue weighted by Gasteiger charge is -2.12. The van der Waals surface area contributed by atoms with Crippen LogP contribution in [0.15, 0.2) is 83.9 Å². The first-order valence-corrected chi connectivity index (χ1v) is 11.2. The quantitative estimate of drug-likeness (QED) is 0.293. The summed E-state index contributed by atoms with van der Waals surface area (Å²) in [5.74, 6) is 0.677. The summed E-state index contributed by atoms with van der Waals surface area (Å²) in [5.41, 5.74) is 2.61. The highest BCUT2D eigenvalue weighted by Crippen LogP contribution is 2.36. The fourth-order valence-corrected chi connectivity index (χ4v) is 4.08. The molecular weight excluding hydrogens is 493 g/mol. The van der Waals surface area contributed by atoms with Crippen LogP contribution in [-0.4, -0.2) is 26.3 Å². The van der Waals surface area contributed by atoms with Gasteiger partial charge in [-0.1, -0.05) is 41.9 Å². The smallest absolute Gasteiger partial charge is 0.433 e. The second kappa shape index (κ2) is 9.16. The van der Waals surface area contributed by atoms with E-state index in [1.165, 1.54) is 15.1 Å². The summed E-state index contributed by atoms with van der Waals surface area (Å²) in [5, 5.41) is 5.16. The van der Waals surface area contributed by atoms with Gasteiger partial charge in [-0.3, -0.25) is 4.98 Å². The Hall–Kier alpha value is -4.11. The second-order valence-corrected chi connectivity index (χ2v) is 8.46. The van der Waals surface area contributed by atoms with Gasteiger partial charge in [0.1, 0.15) is 11.4 Å². The summed E-state index contributed by atoms with van der Waals surface area (Å²) in [7, 11) is 1.58. The van der Waals surface area contributed by atoms with E-state index in [2.05, 4.69) is 10.1 Å². The number of alkyl halides is 3. The molecule has 3 heterocycles. The maximum absolute atomic E-state index is 13.2. The molecule has 0 atom stereocenters. The van der Waals surface area contributed by atoms with Crippen molar-refractivity contribution < 1.29 is 17.9 Å². The third-order valence-corrected chi connectivity index (χ3v) is 5.99. The summed E-state index contributed by atoms with van der Waals surface area (Å²) in [6.07, 6.45) is -1.81. The van der Waals surface area contributed by atoms with Gasteiger partial charge in [0.05, 0.1) is 13.7 Å². The Labute approximate surface area is 208 Å². The zero-order valence-corrected chi connectivity index (χ0v) is 19.6. The number of aromatic nitrogens is 4. The van der Waals surface area contributed by atoms with E-state index in [9.17, 15) is 18.0 Å². The summed E-state index contributed by atoms with van der Waals surface area (Å²) in [4.78, 5) is 16.6. The van der Waals surface area contributed by atoms with E-state index in [1.807, 2.05) is 42.5 Å². The van der Waals surface area contributed by atoms with Crippen LogP contribution < -0.4 is 10.4 Å². The van der Waals surface area contributed by atoms with Gasteiger partial charge in [0.15, 0.2) is 5.65 Å². The number of fused-ring (bicyclic) bond motifs is 1. The van der Waals surface area contributed by atoms with Crippen LogP contribution in [0.25, 0.3) is 27.9 Å². The normalized spacial score (nSPS) is 11.7. The molecule has 2 aromatic carbocycles. The number of benzene rings is 2. The van der Waals surface area contributed by atoms with Gasteiger partial charge >= 0.3 is 11.9 Å². The fourth-order valence-electron chi connectivity index (χ4n) is 3.95. The molecule has 10 heteroatoms. The monoisotopic (exact) mass is 510 g/mol. The zero-order valence-electron chi connectivity index (χ0n) is 18.8. The van der Waals surface area contributed by atoms with Crippen molar-refractivity contribution in [3.05, 3.63) is 106 Å². The number of methoxy groups -OCH3 is 1. The van der Waals surface area contributed by atoms with Crippen LogP contribution in [-0.2, 0) is 12.7 Å². The maximum atomic E-state index is 13.2. The molecule has 0 N–H and O–H groups in total. The summed E-state index contributed by atoms with van der Waals surface area (Å²) in [6.45, 7) is -0.0377. The molecule has 0 aliphatic carbocycles. The van der Waals surface area contributed by atoms with E-state index in [1.54, 1.807) is 25.4 Å². The average Bonchev–Trinajstić information content (AvgIpc) is 3.19. The molecule has 0 fully saturated rings. The largest absolute Gasteiger partial charge is 0.497 e. The molecule has 0 saturated heterocycles. The Morgan fingerprint density at radius 1 is 0.944 bits per heavy atom. The Bertz CT molecular complexity index is 1590. The van der Waals surface area contributed by atoms with E-state index >= 15 is 0 Å². The first-order valence-electron chi connectivity index (χ1n) is 10.8. The van der Waals surface area contributed by atoms with E-state index in [4.69, 9.17) is 16.3 Å². The van der Waals surface area contributed by atoms with Crippen molar-refractivity contribution in [1.82, 2.24) is 19.2 Å². The molecule has 0 amide bonds. The van der Waals surface area contributed by atoms with Gasteiger partial charge in [0.25, 0.3) is 0 Å². The lowest BCUT2D eigenvalue weighted by atomic mass is 9.96. The molecule has 182 valence electrons. The molecule has 3 aromatic heterocycles. The summed E-state index contributed by atoms with van der Waals surface area (Å²) >= 11 is 6.08. The van der Waals surface area contributed by atoms with Crippen molar-refractivity contribution in [1.29, 1.82) is 0 Å². The minimum Gasteiger partial charge on any atom is -0.497 e. The minimum absolute atomic E-state index is 0.0377. The number of ether oxygens (including phenoxy) is 1. The van der Waals surface area contributed by atoms with Crippen LogP contribution in [0, 0.1) is 0 Å². The molecule has 0 unspecified atom stereocenters. The Morgan fingerprint density at radius 2 is 1.64 bits per heavy atom. The molecule has 0 radical (unpaired) electrons. The highest BCUT2D eigenvalue weighted by molar-refractivity contribution is 6.30. The van der Waals surface area contributed by atoms with Crippen LogP contribution in [0.1, 0.15) is 11.3 Å². The van der Waals surface area contributed by atoms with Gasteiger partial charge in [0.2, 0.25) is 0 Å². The SMILES string of the molecule is COc1ccc(-c2c(-c3ccc(Cl)cc3)ccn3c(=O)n(Cc4ccc(C(F)(F)F)nc4)nc23)cc1. The molecule has 0 aliphatic rings. The number of pyridine rings is 2. The summed E-state index contributed by atoms with van der Waals surface area (Å²) < 4.78 is 46.5. The van der Waals surface area contributed by atoms with Crippen molar-refractivity contribution in [2.75, 3.05) is 7.11 Å². The third-order valence-electron chi connectivity index (χ3n) is 5.74. The molecule has 0 spiro atoms. The van der Waals surface area contributed by atoms with Gasteiger partial charge in [-0.05, 0) is 58.7 Å². The molecule has 0 bridgehead atoms. The number of nitrogens with zero attached hydrogens (tertiary/aromatic N) is 4. The summed E-state index contributed by atoms with van der Waals surface area (Å²) in [6, 6.07) is 18.7. The highest BCUT2D eigenvalue weighted by atomic mass is 35.5. The first kappa shape index (κ1) is 23.6. The van der Waals surface area contributed by atoms with E-state index in [0.717, 1.165) is 29.0 Å². The lowest BCUT2D eigenvalue weighted by Crippen LogP contribution is -2.21. The van der Waals surface area contributed by atoms with E-state index < -0.39 is 17.6 Å². The average molecular weight is 511 g/mol. The standard InChI is InChI=1S/C26H18ClF3N4O2/c1-36-20-9-5-18(6-10-20)23-21(17-3-7-19(27)8-4-17)12-13-33-24(23)32-34(25(33)35)15-16-2-11-22(31-14-16)26(28,29)30/h2-14H,15H2,1H3. The van der Waals surface area contributed by atoms with Gasteiger partial charge < -0.3 is 4.74 Å². The fraction of sp³-hybridized carbons (Fsp3) is 0.115. The molecule has 0 saturated carbocycles. The van der Waals surface area contributed by atoms with Gasteiger partial charge in [-0.15, -0.1) is 5.10 Å². The van der Waals surface area contributed by atoms with E-state index in [0.29, 0.717) is 27.5 Å². The zero-order chi connectivity index (χ0) is 25.4. The predicted molar refractivity (Wildman–Crippen MR) is 130 cm³/mol. The molecule has 6 nitrogen and oxygen atoms in total. The molecular formula is C26H18ClF3N4O2. The first-order chi connectivity index (χ1) is 17.2. The topological polar surface area (TPSA) is 61.4 Å². The van der Waals surface area contributed by atoms with Crippen molar-refractivity contribution in [2.24, 2.45) is 0 Å². The van der Waals surface area contributed by atoms with Crippen molar-refractivity contribution in [3.63, 3.8) is 0 Å². The van der Waals surface area contributed by atoms with Crippen LogP contribution in [0.3, 0.4) is 0 Å². The molecule has 5 aromatic rings. The number of rotatable bonds is 5. The minimum atomic E-state index is -4.54. The van der Waals surface area contributed by atoms with Crippen LogP contribution >= 0.6 is 11.6 Å². The Morgan fingerprint density at radius 3 is 2.25 bits per heavy atom. The molecule has 36 heavy (non-hydrogen) atoms. The molecule has 0 aliphatic heterocycles. The number of hydrogen-bond acceptors (Lipinski definition) is 4. The van der Waals surface area contributed by atoms with Crippen LogP contribution in [0.2, 0.25) is 5.02 Å². The Kier molecular flexibility index (Phi) is 6.01. The highest BCUT2D eigenvalue weighted by Gasteiger charge is 2.32. The lowest BCUT2D eigenvalue weighted by molar-refractivity contribution is -0.141. The van der Waals surface area contributed by atoms with Crippen molar-refractivity contribution in [2.45, 2.75) is 12.7 Å². The van der Waals surface area contributed by atoms with Gasteiger partial charge in [-0.2, -0.15) is 13.2 Å². The predicted octanol–water partition coefficient (Wildman–Crippen LogP) is 5.95. The van der Waals surface area contributed by atoms with Crippen LogP contribution in [0.4, 0.5) is 13.2 Å². The number of hydrogen-bond donors (Lipinski definition) is 0. The molecule has 5 rings (SSSR count). The van der Waals surface area contributed by atoms with Gasteiger partial charge in [-0.25, -0.2) is 13.9 Å². The maximum Gasteiger partial charge on any atom is 0.433 e. The Balaban J connectivity index is 1.65. The van der Waals surface area contributed by atoms with Gasteiger partial charge in [0, 0.05) is 23.0 Å². The van der Waals surface area contributed by atoms with Crippen molar-refractivity contribution >= 4 is 17.2 Å². The number of halogens is 4. The second-order valence-electron chi connectivity index (χ2n) is 8.02. The van der Waals surface area contributed by atoms with Crippen LogP contribution in [0.5, 0.6) is 5.75 Å².